The van der Waals surface area contributed by atoms with E-state index in [1.165, 1.54) is 18.2 Å². The number of furan rings is 1. The largest absolute Gasteiger partial charge is 0.462 e. The fourth-order valence-corrected chi connectivity index (χ4v) is 2.87. The van der Waals surface area contributed by atoms with Crippen LogP contribution < -0.4 is 10.7 Å². The van der Waals surface area contributed by atoms with Crippen molar-refractivity contribution in [1.29, 1.82) is 0 Å². The number of carbonyl (C=O) groups is 2. The second kappa shape index (κ2) is 10.1. The molecule has 0 saturated heterocycles. The SMILES string of the molecule is CCOC(=O)c1c(Nc2ccc(Cl)cc2)oc(/C=N\NC(=O)c2cccc(F)c2)c1Cl. The summed E-state index contributed by atoms with van der Waals surface area (Å²) in [6, 6.07) is 11.8. The number of hydrogen-bond acceptors (Lipinski definition) is 6. The number of hydrazone groups is 1. The summed E-state index contributed by atoms with van der Waals surface area (Å²) in [5, 5.41) is 7.18. The average Bonchev–Trinajstić information content (AvgIpc) is 3.04. The van der Waals surface area contributed by atoms with Gasteiger partial charge in [-0.15, -0.1) is 0 Å². The molecule has 0 unspecified atom stereocenters. The van der Waals surface area contributed by atoms with Gasteiger partial charge in [-0.25, -0.2) is 14.6 Å². The molecule has 1 amide bonds. The molecule has 7 nitrogen and oxygen atoms in total. The Morgan fingerprint density at radius 2 is 1.94 bits per heavy atom. The van der Waals surface area contributed by atoms with Crippen molar-refractivity contribution in [2.24, 2.45) is 5.10 Å². The Kier molecular flexibility index (Phi) is 7.28. The maximum Gasteiger partial charge on any atom is 0.345 e. The lowest BCUT2D eigenvalue weighted by Crippen LogP contribution is -2.17. The summed E-state index contributed by atoms with van der Waals surface area (Å²) in [5.74, 6) is -1.85. The highest BCUT2D eigenvalue weighted by molar-refractivity contribution is 6.36. The monoisotopic (exact) mass is 463 g/mol. The Labute approximate surface area is 186 Å². The van der Waals surface area contributed by atoms with E-state index < -0.39 is 17.7 Å². The molecule has 2 aromatic carbocycles. The lowest BCUT2D eigenvalue weighted by Gasteiger charge is -2.06. The molecule has 3 rings (SSSR count). The quantitative estimate of drug-likeness (QED) is 0.277. The van der Waals surface area contributed by atoms with E-state index in [2.05, 4.69) is 15.8 Å². The van der Waals surface area contributed by atoms with Crippen LogP contribution in [0, 0.1) is 5.82 Å². The Bertz CT molecular complexity index is 1130. The van der Waals surface area contributed by atoms with Crippen LogP contribution in [0.4, 0.5) is 16.0 Å². The standard InChI is InChI=1S/C21H16Cl2FN3O4/c1-2-30-21(29)17-18(23)16(31-20(17)26-15-8-6-13(22)7-9-15)11-25-27-19(28)12-4-3-5-14(24)10-12/h3-11,26H,2H2,1H3,(H,27,28)/b25-11-. The fraction of sp³-hybridized carbons (Fsp3) is 0.0952. The van der Waals surface area contributed by atoms with E-state index in [-0.39, 0.29) is 34.4 Å². The van der Waals surface area contributed by atoms with Crippen LogP contribution >= 0.6 is 23.2 Å². The Balaban J connectivity index is 1.84. The van der Waals surface area contributed by atoms with Gasteiger partial charge in [-0.1, -0.05) is 29.3 Å². The number of carbonyl (C=O) groups excluding carboxylic acids is 2. The van der Waals surface area contributed by atoms with Gasteiger partial charge >= 0.3 is 5.97 Å². The highest BCUT2D eigenvalue weighted by atomic mass is 35.5. The number of ether oxygens (including phenoxy) is 1. The molecule has 0 atom stereocenters. The number of hydrogen-bond donors (Lipinski definition) is 2. The van der Waals surface area contributed by atoms with Crippen molar-refractivity contribution in [3.63, 3.8) is 0 Å². The fourth-order valence-electron chi connectivity index (χ4n) is 2.49. The molecule has 1 heterocycles. The van der Waals surface area contributed by atoms with Gasteiger partial charge in [0.05, 0.1) is 12.8 Å². The second-order valence-corrected chi connectivity index (χ2v) is 6.86. The number of anilines is 2. The molecule has 0 fully saturated rings. The van der Waals surface area contributed by atoms with Crippen LogP contribution in [0.5, 0.6) is 0 Å². The number of nitrogens with zero attached hydrogens (tertiary/aromatic N) is 1. The van der Waals surface area contributed by atoms with E-state index in [1.807, 2.05) is 0 Å². The summed E-state index contributed by atoms with van der Waals surface area (Å²) in [7, 11) is 0. The lowest BCUT2D eigenvalue weighted by atomic mass is 10.2. The first-order valence-electron chi connectivity index (χ1n) is 9.00. The maximum absolute atomic E-state index is 13.2. The van der Waals surface area contributed by atoms with Gasteiger partial charge in [-0.05, 0) is 49.4 Å². The Morgan fingerprint density at radius 3 is 2.61 bits per heavy atom. The van der Waals surface area contributed by atoms with Crippen molar-refractivity contribution in [2.75, 3.05) is 11.9 Å². The van der Waals surface area contributed by atoms with E-state index in [4.69, 9.17) is 32.4 Å². The summed E-state index contributed by atoms with van der Waals surface area (Å²) in [6.45, 7) is 1.79. The Hall–Kier alpha value is -3.36. The van der Waals surface area contributed by atoms with Crippen LogP contribution in [0.3, 0.4) is 0 Å². The molecule has 160 valence electrons. The van der Waals surface area contributed by atoms with Crippen LogP contribution in [-0.4, -0.2) is 24.7 Å². The van der Waals surface area contributed by atoms with E-state index in [0.29, 0.717) is 10.7 Å². The van der Waals surface area contributed by atoms with E-state index >= 15 is 0 Å². The third-order valence-corrected chi connectivity index (χ3v) is 4.52. The number of benzene rings is 2. The van der Waals surface area contributed by atoms with Gasteiger partial charge in [0.15, 0.2) is 5.76 Å². The van der Waals surface area contributed by atoms with Gasteiger partial charge in [0.25, 0.3) is 5.91 Å². The molecule has 0 saturated carbocycles. The highest BCUT2D eigenvalue weighted by Gasteiger charge is 2.25. The number of nitrogens with one attached hydrogen (secondary N) is 2. The third-order valence-electron chi connectivity index (χ3n) is 3.89. The summed E-state index contributed by atoms with van der Waals surface area (Å²) in [6.07, 6.45) is 1.12. The van der Waals surface area contributed by atoms with Crippen molar-refractivity contribution in [2.45, 2.75) is 6.92 Å². The lowest BCUT2D eigenvalue weighted by molar-refractivity contribution is 0.0527. The van der Waals surface area contributed by atoms with Gasteiger partial charge in [0.2, 0.25) is 5.88 Å². The molecular formula is C21H16Cl2FN3O4. The maximum atomic E-state index is 13.2. The predicted molar refractivity (Wildman–Crippen MR) is 116 cm³/mol. The van der Waals surface area contributed by atoms with Crippen molar-refractivity contribution in [3.05, 3.63) is 81.3 Å². The summed E-state index contributed by atoms with van der Waals surface area (Å²) < 4.78 is 23.9. The molecule has 3 aromatic rings. The molecule has 10 heteroatoms. The Morgan fingerprint density at radius 1 is 1.19 bits per heavy atom. The minimum Gasteiger partial charge on any atom is -0.462 e. The van der Waals surface area contributed by atoms with Crippen molar-refractivity contribution in [1.82, 2.24) is 5.43 Å². The minimum atomic E-state index is -0.698. The van der Waals surface area contributed by atoms with Crippen LogP contribution in [0.1, 0.15) is 33.4 Å². The molecule has 0 aliphatic heterocycles. The van der Waals surface area contributed by atoms with E-state index in [9.17, 15) is 14.0 Å². The molecule has 1 aromatic heterocycles. The minimum absolute atomic E-state index is 0.000672. The first kappa shape index (κ1) is 22.3. The van der Waals surface area contributed by atoms with Crippen LogP contribution in [-0.2, 0) is 4.74 Å². The molecular weight excluding hydrogens is 448 g/mol. The van der Waals surface area contributed by atoms with Gasteiger partial charge in [-0.2, -0.15) is 5.10 Å². The van der Waals surface area contributed by atoms with Crippen LogP contribution in [0.2, 0.25) is 10.0 Å². The molecule has 31 heavy (non-hydrogen) atoms. The predicted octanol–water partition coefficient (Wildman–Crippen LogP) is 5.41. The zero-order valence-electron chi connectivity index (χ0n) is 16.1. The van der Waals surface area contributed by atoms with Gasteiger partial charge in [0.1, 0.15) is 16.4 Å². The van der Waals surface area contributed by atoms with Crippen molar-refractivity contribution < 1.29 is 23.1 Å². The summed E-state index contributed by atoms with van der Waals surface area (Å²) >= 11 is 12.2. The van der Waals surface area contributed by atoms with Crippen LogP contribution in [0.15, 0.2) is 58.0 Å². The zero-order chi connectivity index (χ0) is 22.4. The molecule has 0 radical (unpaired) electrons. The molecule has 0 spiro atoms. The smallest absolute Gasteiger partial charge is 0.345 e. The summed E-state index contributed by atoms with van der Waals surface area (Å²) in [4.78, 5) is 24.4. The van der Waals surface area contributed by atoms with E-state index in [0.717, 1.165) is 12.3 Å². The van der Waals surface area contributed by atoms with Crippen molar-refractivity contribution >= 4 is 52.9 Å². The van der Waals surface area contributed by atoms with Crippen LogP contribution in [0.25, 0.3) is 0 Å². The number of rotatable bonds is 7. The number of esters is 1. The number of halogens is 3. The van der Waals surface area contributed by atoms with Crippen molar-refractivity contribution in [3.8, 4) is 0 Å². The molecule has 2 N–H and O–H groups in total. The highest BCUT2D eigenvalue weighted by Crippen LogP contribution is 2.34. The third kappa shape index (κ3) is 5.62. The normalized spacial score (nSPS) is 10.8. The van der Waals surface area contributed by atoms with Gasteiger partial charge < -0.3 is 14.5 Å². The first-order chi connectivity index (χ1) is 14.9. The topological polar surface area (TPSA) is 92.9 Å². The second-order valence-electron chi connectivity index (χ2n) is 6.05. The first-order valence-corrected chi connectivity index (χ1v) is 9.75. The molecule has 0 aliphatic carbocycles. The average molecular weight is 464 g/mol. The molecule has 0 bridgehead atoms. The van der Waals surface area contributed by atoms with Gasteiger partial charge in [-0.3, -0.25) is 4.79 Å². The molecule has 0 aliphatic rings. The van der Waals surface area contributed by atoms with E-state index in [1.54, 1.807) is 31.2 Å². The van der Waals surface area contributed by atoms with Gasteiger partial charge in [0, 0.05) is 16.3 Å². The zero-order valence-corrected chi connectivity index (χ0v) is 17.6. The summed E-state index contributed by atoms with van der Waals surface area (Å²) in [5.41, 5.74) is 2.87. The number of amides is 1.